The van der Waals surface area contributed by atoms with E-state index < -0.39 is 59.4 Å². The zero-order valence-corrected chi connectivity index (χ0v) is 35.3. The molecular formula is C36H35N9O14S3. The summed E-state index contributed by atoms with van der Waals surface area (Å²) < 4.78 is 84.4. The van der Waals surface area contributed by atoms with Gasteiger partial charge in [0.05, 0.1) is 54.7 Å². The molecule has 0 aliphatic carbocycles. The molecule has 62 heavy (non-hydrogen) atoms. The van der Waals surface area contributed by atoms with Gasteiger partial charge in [0.2, 0.25) is 6.04 Å². The SMILES string of the molecule is COc1cc(N=NC(C(C)=O)C(=O)Nc2cc(C)c(S(=O)(=O)O)cc2OC)c(S(=O)(=O)O)cc1NC(=O)c1ccc(N=Nc2c(C)nn(-c3cccc(SOOO)c3)c2N)cc1. The van der Waals surface area contributed by atoms with Crippen molar-refractivity contribution < 1.29 is 64.4 Å². The van der Waals surface area contributed by atoms with E-state index in [-0.39, 0.29) is 45.5 Å². The Bertz CT molecular complexity index is 2830. The van der Waals surface area contributed by atoms with Gasteiger partial charge >= 0.3 is 0 Å². The maximum Gasteiger partial charge on any atom is 0.296 e. The smallest absolute Gasteiger partial charge is 0.296 e. The van der Waals surface area contributed by atoms with Gasteiger partial charge in [-0.05, 0) is 80.9 Å². The number of carbonyl (C=O) groups excluding carboxylic acids is 3. The van der Waals surface area contributed by atoms with Crippen LogP contribution in [-0.2, 0) is 39.2 Å². The van der Waals surface area contributed by atoms with Gasteiger partial charge in [-0.15, -0.1) is 9.45 Å². The zero-order valence-electron chi connectivity index (χ0n) is 32.8. The van der Waals surface area contributed by atoms with E-state index >= 15 is 0 Å². The van der Waals surface area contributed by atoms with Crippen LogP contribution >= 0.6 is 12.0 Å². The van der Waals surface area contributed by atoms with Crippen molar-refractivity contribution >= 4 is 84.1 Å². The average molecular weight is 914 g/mol. The lowest BCUT2D eigenvalue weighted by Crippen LogP contribution is -2.32. The second-order valence-electron chi connectivity index (χ2n) is 12.7. The van der Waals surface area contributed by atoms with Gasteiger partial charge in [-0.3, -0.25) is 23.5 Å². The largest absolute Gasteiger partial charge is 0.495 e. The maximum atomic E-state index is 13.3. The summed E-state index contributed by atoms with van der Waals surface area (Å²) in [5, 5.41) is 37.2. The van der Waals surface area contributed by atoms with Crippen LogP contribution in [0, 0.1) is 13.8 Å². The Morgan fingerprint density at radius 1 is 0.839 bits per heavy atom. The average Bonchev–Trinajstić information content (AvgIpc) is 3.50. The Balaban J connectivity index is 1.35. The number of Topliss-reactive ketones (excluding diaryl/α,β-unsaturated/α-hetero) is 1. The van der Waals surface area contributed by atoms with Gasteiger partial charge in [0, 0.05) is 22.6 Å². The Hall–Kier alpha value is -6.65. The highest BCUT2D eigenvalue weighted by atomic mass is 32.2. The molecule has 1 unspecified atom stereocenters. The van der Waals surface area contributed by atoms with E-state index in [0.717, 1.165) is 50.3 Å². The van der Waals surface area contributed by atoms with Crippen LogP contribution in [0.3, 0.4) is 0 Å². The van der Waals surface area contributed by atoms with Crippen LogP contribution in [0.15, 0.2) is 108 Å². The molecule has 5 aromatic rings. The van der Waals surface area contributed by atoms with Crippen LogP contribution in [-0.4, -0.2) is 78.8 Å². The first-order chi connectivity index (χ1) is 29.2. The number of ether oxygens (including phenoxy) is 2. The lowest BCUT2D eigenvalue weighted by atomic mass is 10.1. The minimum atomic E-state index is -5.10. The van der Waals surface area contributed by atoms with Crippen molar-refractivity contribution in [2.24, 2.45) is 20.5 Å². The second-order valence-corrected chi connectivity index (χ2v) is 16.2. The van der Waals surface area contributed by atoms with Crippen LogP contribution in [0.25, 0.3) is 5.69 Å². The summed E-state index contributed by atoms with van der Waals surface area (Å²) in [7, 11) is -7.41. The third-order valence-electron chi connectivity index (χ3n) is 8.44. The Morgan fingerprint density at radius 2 is 1.48 bits per heavy atom. The van der Waals surface area contributed by atoms with Crippen LogP contribution in [0.1, 0.15) is 28.5 Å². The van der Waals surface area contributed by atoms with Gasteiger partial charge in [0.25, 0.3) is 32.1 Å². The van der Waals surface area contributed by atoms with Crippen LogP contribution < -0.4 is 25.8 Å². The summed E-state index contributed by atoms with van der Waals surface area (Å²) >= 11 is 0.756. The number of azo groups is 2. The van der Waals surface area contributed by atoms with Gasteiger partial charge in [-0.25, -0.2) is 9.94 Å². The molecule has 0 saturated heterocycles. The molecule has 1 heterocycles. The van der Waals surface area contributed by atoms with Gasteiger partial charge < -0.3 is 25.8 Å². The number of amides is 2. The molecule has 0 fully saturated rings. The molecule has 0 bridgehead atoms. The number of ketones is 1. The van der Waals surface area contributed by atoms with Crippen LogP contribution in [0.5, 0.6) is 11.5 Å². The number of aromatic nitrogens is 2. The number of hydrogen-bond acceptors (Lipinski definition) is 19. The summed E-state index contributed by atoms with van der Waals surface area (Å²) in [6, 6.07) is 14.6. The van der Waals surface area contributed by atoms with Gasteiger partial charge in [-0.2, -0.15) is 37.3 Å². The van der Waals surface area contributed by atoms with Gasteiger partial charge in [0.15, 0.2) is 17.3 Å². The predicted molar refractivity (Wildman–Crippen MR) is 220 cm³/mol. The lowest BCUT2D eigenvalue weighted by Gasteiger charge is -2.15. The highest BCUT2D eigenvalue weighted by Gasteiger charge is 2.27. The highest BCUT2D eigenvalue weighted by Crippen LogP contribution is 2.37. The number of rotatable bonds is 17. The van der Waals surface area contributed by atoms with E-state index in [1.54, 1.807) is 31.2 Å². The molecule has 0 aliphatic heterocycles. The third kappa shape index (κ3) is 11.0. The number of hydrogen-bond donors (Lipinski definition) is 6. The van der Waals surface area contributed by atoms with Gasteiger partial charge in [-0.1, -0.05) is 11.1 Å². The summed E-state index contributed by atoms with van der Waals surface area (Å²) in [5.74, 6) is -2.89. The Morgan fingerprint density at radius 3 is 2.10 bits per heavy atom. The molecule has 1 atom stereocenters. The number of nitrogen functional groups attached to an aromatic ring is 1. The van der Waals surface area contributed by atoms with E-state index in [4.69, 9.17) is 20.5 Å². The third-order valence-corrected chi connectivity index (χ3v) is 10.9. The summed E-state index contributed by atoms with van der Waals surface area (Å²) in [6.07, 6.45) is 0. The van der Waals surface area contributed by atoms with Crippen molar-refractivity contribution in [3.8, 4) is 17.2 Å². The van der Waals surface area contributed by atoms with Crippen molar-refractivity contribution in [3.63, 3.8) is 0 Å². The molecule has 23 nitrogen and oxygen atoms in total. The summed E-state index contributed by atoms with van der Waals surface area (Å²) in [5.41, 5.74) is 7.10. The number of nitrogens with zero attached hydrogens (tertiary/aromatic N) is 6. The molecule has 2 amide bonds. The van der Waals surface area contributed by atoms with E-state index in [9.17, 15) is 40.3 Å². The number of carbonyl (C=O) groups is 3. The normalized spacial score (nSPS) is 12.4. The maximum absolute atomic E-state index is 13.3. The first kappa shape index (κ1) is 46.4. The van der Waals surface area contributed by atoms with Crippen LogP contribution in [0.4, 0.5) is 34.3 Å². The van der Waals surface area contributed by atoms with E-state index in [0.29, 0.717) is 22.0 Å². The molecule has 0 radical (unpaired) electrons. The number of nitrogens with one attached hydrogen (secondary N) is 2. The van der Waals surface area contributed by atoms with E-state index in [1.807, 2.05) is 0 Å². The zero-order chi connectivity index (χ0) is 45.5. The molecular weight excluding hydrogens is 879 g/mol. The first-order valence-corrected chi connectivity index (χ1v) is 20.9. The number of nitrogens with two attached hydrogens (primary N) is 1. The fourth-order valence-corrected chi connectivity index (χ4v) is 7.28. The van der Waals surface area contributed by atoms with Crippen molar-refractivity contribution in [1.29, 1.82) is 0 Å². The quantitative estimate of drug-likeness (QED) is 0.0148. The van der Waals surface area contributed by atoms with Gasteiger partial charge in [0.1, 0.15) is 27.0 Å². The fourth-order valence-electron chi connectivity index (χ4n) is 5.51. The fraction of sp³-hybridized carbons (Fsp3) is 0.167. The van der Waals surface area contributed by atoms with Crippen molar-refractivity contribution in [3.05, 3.63) is 89.6 Å². The van der Waals surface area contributed by atoms with Crippen molar-refractivity contribution in [2.75, 3.05) is 30.6 Å². The highest BCUT2D eigenvalue weighted by molar-refractivity contribution is 7.94. The molecule has 5 rings (SSSR count). The molecule has 4 aromatic carbocycles. The number of methoxy groups -OCH3 is 2. The van der Waals surface area contributed by atoms with E-state index in [1.165, 1.54) is 43.0 Å². The number of aryl methyl sites for hydroxylation is 2. The topological polar surface area (TPSA) is 334 Å². The Labute approximate surface area is 356 Å². The predicted octanol–water partition coefficient (Wildman–Crippen LogP) is 6.36. The molecule has 0 saturated carbocycles. The number of anilines is 3. The molecule has 326 valence electrons. The number of benzene rings is 4. The molecule has 0 spiro atoms. The minimum absolute atomic E-state index is 0.0195. The monoisotopic (exact) mass is 913 g/mol. The molecule has 1 aromatic heterocycles. The lowest BCUT2D eigenvalue weighted by molar-refractivity contribution is -0.432. The van der Waals surface area contributed by atoms with Crippen molar-refractivity contribution in [1.82, 2.24) is 9.78 Å². The minimum Gasteiger partial charge on any atom is -0.495 e. The molecule has 0 aliphatic rings. The van der Waals surface area contributed by atoms with Crippen molar-refractivity contribution in [2.45, 2.75) is 41.5 Å². The standard InChI is InChI=1S/C36H35N9O14S3/c1-18-13-25(29(57-5)17-30(18)61(50,51)52)39-36(48)33(20(3)46)43-41-27-15-28(56-4)26(16-31(27)62(53,54)55)38-35(47)21-9-11-22(12-10-21)40-42-32-19(2)44-45(34(32)37)23-7-6-8-24(14-23)60-59-58-49/h6-17,33,49H,37H2,1-5H3,(H,38,47)(H,39,48)(H,50,51,52)(H,53,54,55). The summed E-state index contributed by atoms with van der Waals surface area (Å²) in [4.78, 5) is 38.2. The second kappa shape index (κ2) is 19.4. The summed E-state index contributed by atoms with van der Waals surface area (Å²) in [6.45, 7) is 4.00. The molecule has 7 N–H and O–H groups in total. The Kier molecular flexibility index (Phi) is 14.5. The van der Waals surface area contributed by atoms with E-state index in [2.05, 4.69) is 45.6 Å². The molecule has 26 heteroatoms. The van der Waals surface area contributed by atoms with Crippen LogP contribution in [0.2, 0.25) is 0 Å². The first-order valence-electron chi connectivity index (χ1n) is 17.3.